The Bertz CT molecular complexity index is 487. The van der Waals surface area contributed by atoms with Crippen LogP contribution in [0.1, 0.15) is 18.1 Å². The van der Waals surface area contributed by atoms with Gasteiger partial charge in [-0.15, -0.1) is 0 Å². The molecule has 0 saturated carbocycles. The highest BCUT2D eigenvalue weighted by Gasteiger charge is 2.21. The van der Waals surface area contributed by atoms with Crippen LogP contribution < -0.4 is 5.32 Å². The lowest BCUT2D eigenvalue weighted by Crippen LogP contribution is -2.44. The zero-order valence-electron chi connectivity index (χ0n) is 10.9. The third kappa shape index (κ3) is 3.24. The molecule has 1 aromatic carbocycles. The van der Waals surface area contributed by atoms with Crippen LogP contribution in [0.5, 0.6) is 0 Å². The maximum absolute atomic E-state index is 12.0. The van der Waals surface area contributed by atoms with Crippen molar-refractivity contribution in [3.8, 4) is 0 Å². The molecule has 2 rings (SSSR count). The Kier molecular flexibility index (Phi) is 4.04. The molecule has 0 radical (unpaired) electrons. The van der Waals surface area contributed by atoms with Crippen LogP contribution in [0, 0.1) is 5.92 Å². The SMILES string of the molecule is CC(CNC(=O)N1CCc2ccccc2C1)C(=O)O. The number of hydrogen-bond donors (Lipinski definition) is 2. The third-order valence-electron chi connectivity index (χ3n) is 3.40. The number of hydrogen-bond acceptors (Lipinski definition) is 2. The zero-order chi connectivity index (χ0) is 13.8. The molecule has 2 N–H and O–H groups in total. The maximum Gasteiger partial charge on any atom is 0.317 e. The van der Waals surface area contributed by atoms with Crippen molar-refractivity contribution in [3.05, 3.63) is 35.4 Å². The standard InChI is InChI=1S/C14H18N2O3/c1-10(13(17)18)8-15-14(19)16-7-6-11-4-2-3-5-12(11)9-16/h2-5,10H,6-9H2,1H3,(H,15,19)(H,17,18). The van der Waals surface area contributed by atoms with E-state index in [4.69, 9.17) is 5.11 Å². The molecular formula is C14H18N2O3. The smallest absolute Gasteiger partial charge is 0.317 e. The number of fused-ring (bicyclic) bond motifs is 1. The first-order chi connectivity index (χ1) is 9.08. The molecule has 0 bridgehead atoms. The molecule has 1 atom stereocenters. The van der Waals surface area contributed by atoms with Crippen molar-refractivity contribution < 1.29 is 14.7 Å². The number of amides is 2. The van der Waals surface area contributed by atoms with E-state index in [-0.39, 0.29) is 12.6 Å². The van der Waals surface area contributed by atoms with Crippen LogP contribution in [0.3, 0.4) is 0 Å². The first-order valence-corrected chi connectivity index (χ1v) is 6.40. The summed E-state index contributed by atoms with van der Waals surface area (Å²) < 4.78 is 0. The number of nitrogens with one attached hydrogen (secondary N) is 1. The van der Waals surface area contributed by atoms with Gasteiger partial charge in [-0.3, -0.25) is 4.79 Å². The number of rotatable bonds is 3. The van der Waals surface area contributed by atoms with E-state index in [1.165, 1.54) is 5.56 Å². The molecule has 2 amide bonds. The lowest BCUT2D eigenvalue weighted by atomic mass is 10.0. The molecular weight excluding hydrogens is 244 g/mol. The first-order valence-electron chi connectivity index (χ1n) is 6.40. The molecule has 0 aromatic heterocycles. The predicted octanol–water partition coefficient (Wildman–Crippen LogP) is 1.48. The Labute approximate surface area is 112 Å². The summed E-state index contributed by atoms with van der Waals surface area (Å²) in [4.78, 5) is 24.4. The second-order valence-electron chi connectivity index (χ2n) is 4.87. The molecule has 5 nitrogen and oxygen atoms in total. The van der Waals surface area contributed by atoms with Gasteiger partial charge in [-0.05, 0) is 17.5 Å². The molecule has 0 aliphatic carbocycles. The Morgan fingerprint density at radius 3 is 2.74 bits per heavy atom. The van der Waals surface area contributed by atoms with Crippen LogP contribution in [-0.2, 0) is 17.8 Å². The largest absolute Gasteiger partial charge is 0.481 e. The highest BCUT2D eigenvalue weighted by Crippen LogP contribution is 2.18. The van der Waals surface area contributed by atoms with Gasteiger partial charge in [0.05, 0.1) is 5.92 Å². The average Bonchev–Trinajstić information content (AvgIpc) is 2.43. The fourth-order valence-corrected chi connectivity index (χ4v) is 2.11. The van der Waals surface area contributed by atoms with Crippen LogP contribution in [0.4, 0.5) is 4.79 Å². The lowest BCUT2D eigenvalue weighted by Gasteiger charge is -2.29. The summed E-state index contributed by atoms with van der Waals surface area (Å²) >= 11 is 0. The summed E-state index contributed by atoms with van der Waals surface area (Å²) in [6, 6.07) is 7.88. The topological polar surface area (TPSA) is 69.6 Å². The van der Waals surface area contributed by atoms with Crippen molar-refractivity contribution in [2.45, 2.75) is 19.9 Å². The van der Waals surface area contributed by atoms with E-state index in [1.807, 2.05) is 18.2 Å². The highest BCUT2D eigenvalue weighted by molar-refractivity contribution is 5.76. The summed E-state index contributed by atoms with van der Waals surface area (Å²) in [7, 11) is 0. The third-order valence-corrected chi connectivity index (χ3v) is 3.40. The summed E-state index contributed by atoms with van der Waals surface area (Å²) in [5, 5.41) is 11.4. The van der Waals surface area contributed by atoms with Gasteiger partial charge in [0, 0.05) is 19.6 Å². The molecule has 0 saturated heterocycles. The number of carboxylic acid groups (broad SMARTS) is 1. The second-order valence-corrected chi connectivity index (χ2v) is 4.87. The van der Waals surface area contributed by atoms with Gasteiger partial charge >= 0.3 is 12.0 Å². The number of carbonyl (C=O) groups is 2. The highest BCUT2D eigenvalue weighted by atomic mass is 16.4. The van der Waals surface area contributed by atoms with Gasteiger partial charge in [0.2, 0.25) is 0 Å². The van der Waals surface area contributed by atoms with Crippen LogP contribution in [-0.4, -0.2) is 35.1 Å². The molecule has 19 heavy (non-hydrogen) atoms. The monoisotopic (exact) mass is 262 g/mol. The first kappa shape index (κ1) is 13.4. The number of nitrogens with zero attached hydrogens (tertiary/aromatic N) is 1. The van der Waals surface area contributed by atoms with Crippen molar-refractivity contribution in [2.24, 2.45) is 5.92 Å². The van der Waals surface area contributed by atoms with Crippen LogP contribution in [0.15, 0.2) is 24.3 Å². The molecule has 5 heteroatoms. The van der Waals surface area contributed by atoms with Crippen LogP contribution in [0.2, 0.25) is 0 Å². The van der Waals surface area contributed by atoms with E-state index >= 15 is 0 Å². The molecule has 0 spiro atoms. The maximum atomic E-state index is 12.0. The number of benzene rings is 1. The summed E-state index contributed by atoms with van der Waals surface area (Å²) in [6.45, 7) is 2.99. The van der Waals surface area contributed by atoms with Crippen molar-refractivity contribution in [1.82, 2.24) is 10.2 Å². The number of aliphatic carboxylic acids is 1. The van der Waals surface area contributed by atoms with Crippen molar-refractivity contribution in [1.29, 1.82) is 0 Å². The van der Waals surface area contributed by atoms with Crippen LogP contribution in [0.25, 0.3) is 0 Å². The van der Waals surface area contributed by atoms with E-state index in [9.17, 15) is 9.59 Å². The second kappa shape index (κ2) is 5.73. The summed E-state index contributed by atoms with van der Waals surface area (Å²) in [5.74, 6) is -1.47. The van der Waals surface area contributed by atoms with Gasteiger partial charge in [0.15, 0.2) is 0 Å². The minimum Gasteiger partial charge on any atom is -0.481 e. The Hall–Kier alpha value is -2.04. The van der Waals surface area contributed by atoms with Gasteiger partial charge in [-0.1, -0.05) is 31.2 Å². The van der Waals surface area contributed by atoms with E-state index in [0.717, 1.165) is 12.0 Å². The van der Waals surface area contributed by atoms with E-state index < -0.39 is 11.9 Å². The summed E-state index contributed by atoms with van der Waals surface area (Å²) in [6.07, 6.45) is 0.845. The Morgan fingerprint density at radius 1 is 1.37 bits per heavy atom. The number of carbonyl (C=O) groups excluding carboxylic acids is 1. The molecule has 102 valence electrons. The molecule has 1 aromatic rings. The molecule has 1 aliphatic rings. The zero-order valence-corrected chi connectivity index (χ0v) is 10.9. The molecule has 0 fully saturated rings. The number of carboxylic acids is 1. The predicted molar refractivity (Wildman–Crippen MR) is 70.8 cm³/mol. The van der Waals surface area contributed by atoms with Crippen LogP contribution >= 0.6 is 0 Å². The fraction of sp³-hybridized carbons (Fsp3) is 0.429. The molecule has 1 aliphatic heterocycles. The minimum atomic E-state index is -0.899. The van der Waals surface area contributed by atoms with E-state index in [2.05, 4.69) is 11.4 Å². The van der Waals surface area contributed by atoms with E-state index in [0.29, 0.717) is 13.1 Å². The average molecular weight is 262 g/mol. The normalized spacial score (nSPS) is 15.5. The van der Waals surface area contributed by atoms with Gasteiger partial charge in [-0.25, -0.2) is 4.79 Å². The Balaban J connectivity index is 1.90. The molecule has 1 unspecified atom stereocenters. The van der Waals surface area contributed by atoms with Crippen molar-refractivity contribution >= 4 is 12.0 Å². The van der Waals surface area contributed by atoms with E-state index in [1.54, 1.807) is 11.8 Å². The lowest BCUT2D eigenvalue weighted by molar-refractivity contribution is -0.140. The summed E-state index contributed by atoms with van der Waals surface area (Å²) in [5.41, 5.74) is 2.45. The van der Waals surface area contributed by atoms with Gasteiger partial charge in [-0.2, -0.15) is 0 Å². The minimum absolute atomic E-state index is 0.159. The quantitative estimate of drug-likeness (QED) is 0.866. The van der Waals surface area contributed by atoms with Gasteiger partial charge < -0.3 is 15.3 Å². The van der Waals surface area contributed by atoms with Crippen molar-refractivity contribution in [3.63, 3.8) is 0 Å². The van der Waals surface area contributed by atoms with Crippen molar-refractivity contribution in [2.75, 3.05) is 13.1 Å². The van der Waals surface area contributed by atoms with Gasteiger partial charge in [0.1, 0.15) is 0 Å². The van der Waals surface area contributed by atoms with Gasteiger partial charge in [0.25, 0.3) is 0 Å². The number of urea groups is 1. The fourth-order valence-electron chi connectivity index (χ4n) is 2.11. The molecule has 1 heterocycles. The Morgan fingerprint density at radius 2 is 2.05 bits per heavy atom.